The Bertz CT molecular complexity index is 924. The van der Waals surface area contributed by atoms with Crippen LogP contribution in [0.2, 0.25) is 0 Å². The number of hydrogen-bond acceptors (Lipinski definition) is 5. The van der Waals surface area contributed by atoms with E-state index in [2.05, 4.69) is 5.16 Å². The Kier molecular flexibility index (Phi) is 6.35. The first-order valence-corrected chi connectivity index (χ1v) is 9.78. The molecule has 0 aliphatic carbocycles. The third-order valence-electron chi connectivity index (χ3n) is 5.36. The van der Waals surface area contributed by atoms with Crippen molar-refractivity contribution in [2.75, 3.05) is 26.2 Å². The maximum atomic E-state index is 12.9. The summed E-state index contributed by atoms with van der Waals surface area (Å²) in [5.41, 5.74) is 2.23. The molecule has 0 bridgehead atoms. The van der Waals surface area contributed by atoms with Gasteiger partial charge in [-0.3, -0.25) is 19.1 Å². The molecule has 30 heavy (non-hydrogen) atoms. The first-order valence-electron chi connectivity index (χ1n) is 9.78. The van der Waals surface area contributed by atoms with Crippen molar-refractivity contribution >= 4 is 11.7 Å². The van der Waals surface area contributed by atoms with Crippen molar-refractivity contribution < 1.29 is 27.3 Å². The largest absolute Gasteiger partial charge is 0.405 e. The SMILES string of the molecule is Cc1cc(-n2c(C)cc(C(=O)CN3CCC(C(=O)NCC(F)(F)F)CC3)c2C)no1. The molecule has 0 radical (unpaired) electrons. The van der Waals surface area contributed by atoms with Crippen molar-refractivity contribution in [3.8, 4) is 5.82 Å². The van der Waals surface area contributed by atoms with Crippen LogP contribution in [0.5, 0.6) is 0 Å². The second-order valence-electron chi connectivity index (χ2n) is 7.72. The minimum Gasteiger partial charge on any atom is -0.360 e. The lowest BCUT2D eigenvalue weighted by Crippen LogP contribution is -2.44. The number of ketones is 1. The van der Waals surface area contributed by atoms with Crippen LogP contribution in [0, 0.1) is 26.7 Å². The number of carbonyl (C=O) groups excluding carboxylic acids is 2. The first kappa shape index (κ1) is 22.1. The van der Waals surface area contributed by atoms with Crippen molar-refractivity contribution in [1.82, 2.24) is 19.9 Å². The summed E-state index contributed by atoms with van der Waals surface area (Å²) in [5.74, 6) is 0.207. The maximum Gasteiger partial charge on any atom is 0.405 e. The molecule has 1 aliphatic heterocycles. The van der Waals surface area contributed by atoms with Gasteiger partial charge >= 0.3 is 6.18 Å². The van der Waals surface area contributed by atoms with Gasteiger partial charge in [0.25, 0.3) is 0 Å². The smallest absolute Gasteiger partial charge is 0.360 e. The Morgan fingerprint density at radius 1 is 1.20 bits per heavy atom. The second-order valence-corrected chi connectivity index (χ2v) is 7.72. The van der Waals surface area contributed by atoms with Gasteiger partial charge in [-0.25, -0.2) is 0 Å². The number of piperidine rings is 1. The van der Waals surface area contributed by atoms with Gasteiger partial charge in [0.05, 0.1) is 6.54 Å². The number of amides is 1. The fraction of sp³-hybridized carbons (Fsp3) is 0.550. The lowest BCUT2D eigenvalue weighted by atomic mass is 9.95. The third-order valence-corrected chi connectivity index (χ3v) is 5.36. The number of likely N-dealkylation sites (tertiary alicyclic amines) is 1. The Labute approximate surface area is 172 Å². The average Bonchev–Trinajstić information content (AvgIpc) is 3.22. The van der Waals surface area contributed by atoms with Gasteiger partial charge < -0.3 is 9.84 Å². The number of Topliss-reactive ketones (excluding diaryl/α,β-unsaturated/α-hetero) is 1. The van der Waals surface area contributed by atoms with Crippen molar-refractivity contribution in [1.29, 1.82) is 0 Å². The summed E-state index contributed by atoms with van der Waals surface area (Å²) < 4.78 is 43.7. The predicted octanol–water partition coefficient (Wildman–Crippen LogP) is 2.96. The molecule has 1 N–H and O–H groups in total. The second kappa shape index (κ2) is 8.63. The van der Waals surface area contributed by atoms with Gasteiger partial charge in [-0.15, -0.1) is 0 Å². The summed E-state index contributed by atoms with van der Waals surface area (Å²) in [6.07, 6.45) is -3.57. The summed E-state index contributed by atoms with van der Waals surface area (Å²) in [7, 11) is 0. The Hall–Kier alpha value is -2.62. The van der Waals surface area contributed by atoms with Gasteiger partial charge in [0.2, 0.25) is 5.91 Å². The van der Waals surface area contributed by atoms with E-state index in [4.69, 9.17) is 4.52 Å². The molecule has 0 saturated carbocycles. The maximum absolute atomic E-state index is 12.9. The van der Waals surface area contributed by atoms with E-state index in [1.54, 1.807) is 13.0 Å². The van der Waals surface area contributed by atoms with E-state index in [0.717, 1.165) is 11.4 Å². The van der Waals surface area contributed by atoms with Crippen LogP contribution in [0.15, 0.2) is 16.7 Å². The number of rotatable bonds is 6. The van der Waals surface area contributed by atoms with Crippen LogP contribution in [0.4, 0.5) is 13.2 Å². The van der Waals surface area contributed by atoms with E-state index in [0.29, 0.717) is 43.1 Å². The van der Waals surface area contributed by atoms with Crippen LogP contribution in [0.25, 0.3) is 5.82 Å². The van der Waals surface area contributed by atoms with E-state index >= 15 is 0 Å². The van der Waals surface area contributed by atoms with Crippen LogP contribution < -0.4 is 5.32 Å². The molecular formula is C20H25F3N4O3. The van der Waals surface area contributed by atoms with E-state index in [1.807, 2.05) is 34.7 Å². The molecule has 3 rings (SSSR count). The van der Waals surface area contributed by atoms with Crippen molar-refractivity contribution in [3.63, 3.8) is 0 Å². The molecule has 0 unspecified atom stereocenters. The fourth-order valence-corrected chi connectivity index (χ4v) is 3.83. The minimum atomic E-state index is -4.42. The van der Waals surface area contributed by atoms with E-state index in [1.165, 1.54) is 0 Å². The zero-order valence-electron chi connectivity index (χ0n) is 17.2. The molecule has 164 valence electrons. The molecule has 3 heterocycles. The van der Waals surface area contributed by atoms with E-state index in [-0.39, 0.29) is 12.3 Å². The molecule has 1 aliphatic rings. The van der Waals surface area contributed by atoms with Crippen molar-refractivity contribution in [2.24, 2.45) is 5.92 Å². The lowest BCUT2D eigenvalue weighted by Gasteiger charge is -2.30. The molecule has 0 spiro atoms. The average molecular weight is 426 g/mol. The normalized spacial score (nSPS) is 16.1. The third kappa shape index (κ3) is 5.10. The number of carbonyl (C=O) groups is 2. The fourth-order valence-electron chi connectivity index (χ4n) is 3.83. The summed E-state index contributed by atoms with van der Waals surface area (Å²) in [6.45, 7) is 5.38. The zero-order chi connectivity index (χ0) is 22.1. The summed E-state index contributed by atoms with van der Waals surface area (Å²) >= 11 is 0. The topological polar surface area (TPSA) is 80.4 Å². The molecule has 1 amide bonds. The zero-order valence-corrected chi connectivity index (χ0v) is 17.2. The molecule has 1 fully saturated rings. The molecule has 10 heteroatoms. The standard InChI is InChI=1S/C20H25F3N4O3/c1-12-8-16(14(3)27(12)18-9-13(2)30-25-18)17(28)10-26-6-4-15(5-7-26)19(29)24-11-20(21,22)23/h8-9,15H,4-7,10-11H2,1-3H3,(H,24,29). The summed E-state index contributed by atoms with van der Waals surface area (Å²) in [4.78, 5) is 26.7. The summed E-state index contributed by atoms with van der Waals surface area (Å²) in [6, 6.07) is 3.61. The highest BCUT2D eigenvalue weighted by Crippen LogP contribution is 2.23. The predicted molar refractivity (Wildman–Crippen MR) is 103 cm³/mol. The van der Waals surface area contributed by atoms with Crippen molar-refractivity contribution in [3.05, 3.63) is 34.8 Å². The van der Waals surface area contributed by atoms with E-state index in [9.17, 15) is 22.8 Å². The van der Waals surface area contributed by atoms with Crippen LogP contribution in [-0.2, 0) is 4.79 Å². The Morgan fingerprint density at radius 3 is 2.43 bits per heavy atom. The quantitative estimate of drug-likeness (QED) is 0.719. The van der Waals surface area contributed by atoms with Crippen LogP contribution in [0.1, 0.15) is 40.3 Å². The molecule has 2 aromatic heterocycles. The first-order chi connectivity index (χ1) is 14.0. The highest BCUT2D eigenvalue weighted by molar-refractivity contribution is 5.99. The van der Waals surface area contributed by atoms with Gasteiger partial charge in [0, 0.05) is 28.9 Å². The highest BCUT2D eigenvalue weighted by atomic mass is 19.4. The number of hydrogen-bond donors (Lipinski definition) is 1. The number of halogens is 3. The Balaban J connectivity index is 1.57. The lowest BCUT2D eigenvalue weighted by molar-refractivity contribution is -0.141. The molecule has 1 saturated heterocycles. The highest BCUT2D eigenvalue weighted by Gasteiger charge is 2.31. The van der Waals surface area contributed by atoms with Crippen LogP contribution >= 0.6 is 0 Å². The summed E-state index contributed by atoms with van der Waals surface area (Å²) in [5, 5.41) is 5.95. The molecule has 2 aromatic rings. The number of nitrogens with zero attached hydrogens (tertiary/aromatic N) is 3. The Morgan fingerprint density at radius 2 is 1.87 bits per heavy atom. The van der Waals surface area contributed by atoms with Gasteiger partial charge in [-0.1, -0.05) is 5.16 Å². The van der Waals surface area contributed by atoms with Crippen LogP contribution in [0.3, 0.4) is 0 Å². The van der Waals surface area contributed by atoms with Gasteiger partial charge in [0.1, 0.15) is 12.3 Å². The number of aryl methyl sites for hydroxylation is 2. The van der Waals surface area contributed by atoms with Crippen LogP contribution in [-0.4, -0.2) is 58.7 Å². The molecule has 7 nitrogen and oxygen atoms in total. The van der Waals surface area contributed by atoms with Gasteiger partial charge in [0.15, 0.2) is 11.6 Å². The number of nitrogens with one attached hydrogen (secondary N) is 1. The number of alkyl halides is 3. The number of aromatic nitrogens is 2. The van der Waals surface area contributed by atoms with E-state index < -0.39 is 24.5 Å². The van der Waals surface area contributed by atoms with Crippen molar-refractivity contribution in [2.45, 2.75) is 39.8 Å². The van der Waals surface area contributed by atoms with Gasteiger partial charge in [-0.2, -0.15) is 13.2 Å². The minimum absolute atomic E-state index is 0.0467. The molecule has 0 aromatic carbocycles. The monoisotopic (exact) mass is 426 g/mol. The van der Waals surface area contributed by atoms with Gasteiger partial charge in [-0.05, 0) is 52.8 Å². The molecule has 0 atom stereocenters. The molecular weight excluding hydrogens is 401 g/mol.